The molecule has 4 aromatic rings. The van der Waals surface area contributed by atoms with E-state index >= 15 is 0 Å². The molecule has 2 heterocycles. The summed E-state index contributed by atoms with van der Waals surface area (Å²) in [5.41, 5.74) is 4.70. The predicted molar refractivity (Wildman–Crippen MR) is 114 cm³/mol. The van der Waals surface area contributed by atoms with Crippen molar-refractivity contribution in [2.75, 3.05) is 0 Å². The van der Waals surface area contributed by atoms with E-state index in [4.69, 9.17) is 16.0 Å². The van der Waals surface area contributed by atoms with Crippen molar-refractivity contribution < 1.29 is 4.42 Å². The van der Waals surface area contributed by atoms with Gasteiger partial charge >= 0.3 is 0 Å². The number of hydrogen-bond donors (Lipinski definition) is 0. The predicted octanol–water partition coefficient (Wildman–Crippen LogP) is 6.15. The van der Waals surface area contributed by atoms with Crippen LogP contribution in [0.5, 0.6) is 0 Å². The van der Waals surface area contributed by atoms with E-state index in [1.165, 1.54) is 16.7 Å². The fourth-order valence-electron chi connectivity index (χ4n) is 3.04. The number of nitrogens with zero attached hydrogens (tertiary/aromatic N) is 3. The number of thioether (sulfide) groups is 1. The lowest BCUT2D eigenvalue weighted by atomic mass is 10.1. The van der Waals surface area contributed by atoms with Crippen molar-refractivity contribution in [3.05, 3.63) is 88.3 Å². The molecule has 0 saturated carbocycles. The van der Waals surface area contributed by atoms with Gasteiger partial charge in [-0.25, -0.2) is 0 Å². The van der Waals surface area contributed by atoms with E-state index in [0.29, 0.717) is 11.6 Å². The summed E-state index contributed by atoms with van der Waals surface area (Å²) in [4.78, 5) is 0. The molecule has 4 nitrogen and oxygen atoms in total. The molecule has 0 bridgehead atoms. The van der Waals surface area contributed by atoms with Crippen LogP contribution in [0.1, 0.15) is 22.5 Å². The van der Waals surface area contributed by atoms with E-state index < -0.39 is 0 Å². The second-order valence-corrected chi connectivity index (χ2v) is 8.02. The normalized spacial score (nSPS) is 11.1. The van der Waals surface area contributed by atoms with Crippen molar-refractivity contribution in [3.8, 4) is 11.4 Å². The van der Waals surface area contributed by atoms with E-state index in [-0.39, 0.29) is 0 Å². The first kappa shape index (κ1) is 18.8. The third-order valence-corrected chi connectivity index (χ3v) is 5.93. The molecule has 2 aromatic heterocycles. The third-order valence-electron chi connectivity index (χ3n) is 4.59. The molecule has 0 amide bonds. The van der Waals surface area contributed by atoms with Gasteiger partial charge in [0.2, 0.25) is 0 Å². The van der Waals surface area contributed by atoms with Gasteiger partial charge in [0, 0.05) is 11.3 Å². The summed E-state index contributed by atoms with van der Waals surface area (Å²) in [6, 6.07) is 18.1. The van der Waals surface area contributed by atoms with E-state index in [1.807, 2.05) is 36.4 Å². The zero-order valence-electron chi connectivity index (χ0n) is 15.7. The molecule has 28 heavy (non-hydrogen) atoms. The molecular formula is C22H20ClN3OS. The van der Waals surface area contributed by atoms with Gasteiger partial charge in [0.05, 0.1) is 17.8 Å². The lowest BCUT2D eigenvalue weighted by Crippen LogP contribution is -2.04. The van der Waals surface area contributed by atoms with Gasteiger partial charge in [0.25, 0.3) is 0 Å². The van der Waals surface area contributed by atoms with E-state index in [1.54, 1.807) is 18.0 Å². The standard InChI is InChI=1S/C22H20ClN3OS/c1-15-9-10-16(2)17(12-15)14-28-22-25-24-21(19-7-3-4-8-20(19)23)26(22)13-18-6-5-11-27-18/h3-12H,13-14H2,1-2H3. The highest BCUT2D eigenvalue weighted by atomic mass is 35.5. The smallest absolute Gasteiger partial charge is 0.192 e. The second-order valence-electron chi connectivity index (χ2n) is 6.67. The molecule has 0 spiro atoms. The number of furan rings is 1. The molecule has 0 unspecified atom stereocenters. The molecular weight excluding hydrogens is 390 g/mol. The van der Waals surface area contributed by atoms with Crippen LogP contribution in [0.25, 0.3) is 11.4 Å². The number of halogens is 1. The number of hydrogen-bond acceptors (Lipinski definition) is 4. The zero-order valence-corrected chi connectivity index (χ0v) is 17.3. The number of aryl methyl sites for hydroxylation is 2. The second kappa shape index (κ2) is 8.25. The van der Waals surface area contributed by atoms with Crippen LogP contribution in [0.15, 0.2) is 70.4 Å². The highest BCUT2D eigenvalue weighted by molar-refractivity contribution is 7.98. The van der Waals surface area contributed by atoms with E-state index in [0.717, 1.165) is 28.1 Å². The van der Waals surface area contributed by atoms with E-state index in [2.05, 4.69) is 46.8 Å². The maximum atomic E-state index is 6.42. The number of benzene rings is 2. The summed E-state index contributed by atoms with van der Waals surface area (Å²) in [5.74, 6) is 2.42. The van der Waals surface area contributed by atoms with Gasteiger partial charge in [0.1, 0.15) is 5.76 Å². The van der Waals surface area contributed by atoms with Crippen LogP contribution in [0.3, 0.4) is 0 Å². The van der Waals surface area contributed by atoms with Crippen LogP contribution in [-0.2, 0) is 12.3 Å². The van der Waals surface area contributed by atoms with Gasteiger partial charge in [-0.2, -0.15) is 0 Å². The summed E-state index contributed by atoms with van der Waals surface area (Å²) in [6.45, 7) is 4.80. The molecule has 142 valence electrons. The molecule has 2 aromatic carbocycles. The van der Waals surface area contributed by atoms with Crippen LogP contribution in [0.4, 0.5) is 0 Å². The van der Waals surface area contributed by atoms with E-state index in [9.17, 15) is 0 Å². The molecule has 0 atom stereocenters. The first-order valence-electron chi connectivity index (χ1n) is 9.01. The van der Waals surface area contributed by atoms with Crippen LogP contribution >= 0.6 is 23.4 Å². The maximum absolute atomic E-state index is 6.42. The topological polar surface area (TPSA) is 43.9 Å². The quantitative estimate of drug-likeness (QED) is 0.358. The number of rotatable bonds is 6. The average molecular weight is 410 g/mol. The molecule has 4 rings (SSSR count). The SMILES string of the molecule is Cc1ccc(C)c(CSc2nnc(-c3ccccc3Cl)n2Cc2ccco2)c1. The van der Waals surface area contributed by atoms with Gasteiger partial charge in [-0.05, 0) is 49.2 Å². The Kier molecular flexibility index (Phi) is 5.55. The minimum absolute atomic E-state index is 0.551. The molecule has 0 aliphatic heterocycles. The van der Waals surface area contributed by atoms with Gasteiger partial charge in [0.15, 0.2) is 11.0 Å². The monoisotopic (exact) mass is 409 g/mol. The Hall–Kier alpha value is -2.50. The highest BCUT2D eigenvalue weighted by Gasteiger charge is 2.18. The van der Waals surface area contributed by atoms with Crippen molar-refractivity contribution in [3.63, 3.8) is 0 Å². The molecule has 0 fully saturated rings. The fourth-order valence-corrected chi connectivity index (χ4v) is 4.26. The third kappa shape index (κ3) is 4.01. The largest absolute Gasteiger partial charge is 0.467 e. The molecule has 0 saturated heterocycles. The Morgan fingerprint density at radius 3 is 2.68 bits per heavy atom. The van der Waals surface area contributed by atoms with Gasteiger partial charge in [-0.1, -0.05) is 59.3 Å². The molecule has 0 aliphatic rings. The van der Waals surface area contributed by atoms with Crippen LogP contribution in [0.2, 0.25) is 5.02 Å². The zero-order chi connectivity index (χ0) is 19.5. The Bertz CT molecular complexity index is 1090. The van der Waals surface area contributed by atoms with Crippen molar-refractivity contribution in [1.82, 2.24) is 14.8 Å². The minimum Gasteiger partial charge on any atom is -0.467 e. The lowest BCUT2D eigenvalue weighted by molar-refractivity contribution is 0.485. The lowest BCUT2D eigenvalue weighted by Gasteiger charge is -2.11. The average Bonchev–Trinajstić information content (AvgIpc) is 3.34. The van der Waals surface area contributed by atoms with Crippen molar-refractivity contribution >= 4 is 23.4 Å². The first-order chi connectivity index (χ1) is 13.6. The summed E-state index contributed by atoms with van der Waals surface area (Å²) in [7, 11) is 0. The van der Waals surface area contributed by atoms with Gasteiger partial charge < -0.3 is 4.42 Å². The molecule has 6 heteroatoms. The Balaban J connectivity index is 1.68. The molecule has 0 aliphatic carbocycles. The first-order valence-corrected chi connectivity index (χ1v) is 10.4. The van der Waals surface area contributed by atoms with Crippen LogP contribution in [-0.4, -0.2) is 14.8 Å². The van der Waals surface area contributed by atoms with Gasteiger partial charge in [-0.15, -0.1) is 10.2 Å². The maximum Gasteiger partial charge on any atom is 0.192 e. The van der Waals surface area contributed by atoms with Crippen molar-refractivity contribution in [1.29, 1.82) is 0 Å². The Morgan fingerprint density at radius 2 is 1.89 bits per heavy atom. The molecule has 0 N–H and O–H groups in total. The summed E-state index contributed by atoms with van der Waals surface area (Å²) >= 11 is 8.09. The van der Waals surface area contributed by atoms with Crippen molar-refractivity contribution in [2.24, 2.45) is 0 Å². The summed E-state index contributed by atoms with van der Waals surface area (Å²) in [6.07, 6.45) is 1.68. The number of aromatic nitrogens is 3. The van der Waals surface area contributed by atoms with Crippen molar-refractivity contribution in [2.45, 2.75) is 31.3 Å². The minimum atomic E-state index is 0.551. The Labute approximate surface area is 173 Å². The fraction of sp³-hybridized carbons (Fsp3) is 0.182. The van der Waals surface area contributed by atoms with Crippen LogP contribution < -0.4 is 0 Å². The Morgan fingerprint density at radius 1 is 1.04 bits per heavy atom. The van der Waals surface area contributed by atoms with Crippen LogP contribution in [0, 0.1) is 13.8 Å². The summed E-state index contributed by atoms with van der Waals surface area (Å²) < 4.78 is 7.63. The summed E-state index contributed by atoms with van der Waals surface area (Å²) in [5, 5.41) is 10.4. The highest BCUT2D eigenvalue weighted by Crippen LogP contribution is 2.31. The molecule has 0 radical (unpaired) electrons. The van der Waals surface area contributed by atoms with Gasteiger partial charge in [-0.3, -0.25) is 4.57 Å².